The Morgan fingerprint density at radius 1 is 1.41 bits per heavy atom. The molecule has 1 saturated heterocycles. The third-order valence-corrected chi connectivity index (χ3v) is 4.24. The summed E-state index contributed by atoms with van der Waals surface area (Å²) in [5.74, 6) is 0.00771. The van der Waals surface area contributed by atoms with Crippen LogP contribution in [0.25, 0.3) is 0 Å². The predicted octanol–water partition coefficient (Wildman–Crippen LogP) is 4.84. The summed E-state index contributed by atoms with van der Waals surface area (Å²) in [6.07, 6.45) is 3.74. The number of anilines is 1. The van der Waals surface area contributed by atoms with Crippen molar-refractivity contribution in [1.29, 1.82) is 0 Å². The quantitative estimate of drug-likeness (QED) is 0.733. The average molecular weight is 306 g/mol. The van der Waals surface area contributed by atoms with Crippen LogP contribution in [0, 0.1) is 17.7 Å². The molecule has 0 spiro atoms. The van der Waals surface area contributed by atoms with Crippen molar-refractivity contribution in [2.24, 2.45) is 11.8 Å². The van der Waals surface area contributed by atoms with E-state index in [0.29, 0.717) is 17.5 Å². The van der Waals surface area contributed by atoms with Crippen molar-refractivity contribution in [3.8, 4) is 0 Å². The van der Waals surface area contributed by atoms with Crippen LogP contribution in [0.15, 0.2) is 24.5 Å². The predicted molar refractivity (Wildman–Crippen MR) is 89.6 cm³/mol. The second kappa shape index (κ2) is 8.06. The summed E-state index contributed by atoms with van der Waals surface area (Å²) >= 11 is 0. The van der Waals surface area contributed by atoms with Crippen LogP contribution in [-0.2, 0) is 0 Å². The number of hydrogen-bond acceptors (Lipinski definition) is 3. The van der Waals surface area contributed by atoms with Crippen LogP contribution >= 0.6 is 0 Å². The van der Waals surface area contributed by atoms with Gasteiger partial charge in [-0.2, -0.15) is 0 Å². The summed E-state index contributed by atoms with van der Waals surface area (Å²) in [5.41, 5.74) is 1.57. The lowest BCUT2D eigenvalue weighted by Gasteiger charge is -2.29. The number of halogens is 1. The SMILES string of the molecule is C=C1C(C)C(C)CCCN1c1cnc(C(C)=O)c(F)c1.CC. The van der Waals surface area contributed by atoms with E-state index in [9.17, 15) is 9.18 Å². The van der Waals surface area contributed by atoms with E-state index in [1.807, 2.05) is 18.7 Å². The van der Waals surface area contributed by atoms with Crippen molar-refractivity contribution in [1.82, 2.24) is 4.98 Å². The van der Waals surface area contributed by atoms with Crippen LogP contribution in [0.5, 0.6) is 0 Å². The fraction of sp³-hybridized carbons (Fsp3) is 0.556. The highest BCUT2D eigenvalue weighted by atomic mass is 19.1. The maximum Gasteiger partial charge on any atom is 0.181 e. The molecule has 2 heterocycles. The van der Waals surface area contributed by atoms with E-state index in [4.69, 9.17) is 0 Å². The summed E-state index contributed by atoms with van der Waals surface area (Å²) in [6.45, 7) is 14.7. The van der Waals surface area contributed by atoms with Gasteiger partial charge in [-0.3, -0.25) is 4.79 Å². The van der Waals surface area contributed by atoms with E-state index in [1.165, 1.54) is 13.0 Å². The van der Waals surface area contributed by atoms with Crippen molar-refractivity contribution >= 4 is 11.5 Å². The molecule has 0 aromatic carbocycles. The normalized spacial score (nSPS) is 21.7. The van der Waals surface area contributed by atoms with E-state index < -0.39 is 5.82 Å². The minimum atomic E-state index is -0.562. The summed E-state index contributed by atoms with van der Waals surface area (Å²) in [7, 11) is 0. The number of carbonyl (C=O) groups is 1. The van der Waals surface area contributed by atoms with E-state index in [0.717, 1.165) is 25.1 Å². The molecule has 4 heteroatoms. The van der Waals surface area contributed by atoms with Gasteiger partial charge in [0.05, 0.1) is 11.9 Å². The molecule has 1 aliphatic heterocycles. The molecule has 2 atom stereocenters. The Bertz CT molecular complexity index is 542. The zero-order valence-electron chi connectivity index (χ0n) is 14.3. The fourth-order valence-electron chi connectivity index (χ4n) is 2.67. The van der Waals surface area contributed by atoms with Gasteiger partial charge in [-0.15, -0.1) is 0 Å². The molecule has 2 unspecified atom stereocenters. The van der Waals surface area contributed by atoms with E-state index in [1.54, 1.807) is 6.20 Å². The molecule has 3 nitrogen and oxygen atoms in total. The summed E-state index contributed by atoms with van der Waals surface area (Å²) < 4.78 is 13.9. The number of ketones is 1. The fourth-order valence-corrected chi connectivity index (χ4v) is 2.67. The largest absolute Gasteiger partial charge is 0.344 e. The standard InChI is InChI=1S/C16H21FN2O.C2H6/c1-10-6-5-7-19(12(3)11(10)2)14-8-15(17)16(13(4)20)18-9-14;1-2/h8-11H,3,5-7H2,1-2,4H3;1-2H3. The number of hydrogen-bond donors (Lipinski definition) is 0. The molecule has 1 aromatic rings. The first-order valence-corrected chi connectivity index (χ1v) is 8.04. The lowest BCUT2D eigenvalue weighted by molar-refractivity contribution is 0.100. The molecule has 22 heavy (non-hydrogen) atoms. The van der Waals surface area contributed by atoms with Crippen molar-refractivity contribution in [3.05, 3.63) is 36.1 Å². The lowest BCUT2D eigenvalue weighted by atomic mass is 9.91. The van der Waals surface area contributed by atoms with Crippen LogP contribution in [0.1, 0.15) is 57.9 Å². The molecule has 1 fully saturated rings. The maximum atomic E-state index is 13.9. The first kappa shape index (κ1) is 18.3. The molecule has 1 aliphatic rings. The number of pyridine rings is 1. The first-order chi connectivity index (χ1) is 10.4. The molecule has 0 aliphatic carbocycles. The average Bonchev–Trinajstić information content (AvgIpc) is 2.62. The van der Waals surface area contributed by atoms with Gasteiger partial charge in [0, 0.05) is 25.2 Å². The molecule has 122 valence electrons. The second-order valence-electron chi connectivity index (χ2n) is 5.63. The number of Topliss-reactive ketones (excluding diaryl/α,β-unsaturated/α-hetero) is 1. The highest BCUT2D eigenvalue weighted by molar-refractivity contribution is 5.92. The zero-order valence-corrected chi connectivity index (χ0v) is 14.3. The van der Waals surface area contributed by atoms with E-state index in [-0.39, 0.29) is 11.5 Å². The van der Waals surface area contributed by atoms with Gasteiger partial charge < -0.3 is 4.90 Å². The van der Waals surface area contributed by atoms with Gasteiger partial charge in [0.2, 0.25) is 0 Å². The van der Waals surface area contributed by atoms with Crippen molar-refractivity contribution in [2.75, 3.05) is 11.4 Å². The number of nitrogens with zero attached hydrogens (tertiary/aromatic N) is 2. The highest BCUT2D eigenvalue weighted by Gasteiger charge is 2.25. The Morgan fingerprint density at radius 3 is 2.59 bits per heavy atom. The Kier molecular flexibility index (Phi) is 6.72. The smallest absolute Gasteiger partial charge is 0.181 e. The van der Waals surface area contributed by atoms with Crippen LogP contribution in [0.4, 0.5) is 10.1 Å². The Morgan fingerprint density at radius 2 is 2.05 bits per heavy atom. The third kappa shape index (κ3) is 3.93. The lowest BCUT2D eigenvalue weighted by Crippen LogP contribution is -2.26. The summed E-state index contributed by atoms with van der Waals surface area (Å²) in [4.78, 5) is 17.2. The number of allylic oxidation sites excluding steroid dienone is 1. The van der Waals surface area contributed by atoms with Crippen LogP contribution in [-0.4, -0.2) is 17.3 Å². The molecule has 0 N–H and O–H groups in total. The summed E-state index contributed by atoms with van der Waals surface area (Å²) in [6, 6.07) is 1.39. The van der Waals surface area contributed by atoms with Gasteiger partial charge in [-0.25, -0.2) is 9.37 Å². The van der Waals surface area contributed by atoms with Gasteiger partial charge in [-0.05, 0) is 24.7 Å². The zero-order chi connectivity index (χ0) is 16.9. The highest BCUT2D eigenvalue weighted by Crippen LogP contribution is 2.33. The molecule has 0 bridgehead atoms. The van der Waals surface area contributed by atoms with Crippen molar-refractivity contribution in [3.63, 3.8) is 0 Å². The third-order valence-electron chi connectivity index (χ3n) is 4.24. The van der Waals surface area contributed by atoms with Gasteiger partial charge in [0.15, 0.2) is 11.6 Å². The number of rotatable bonds is 2. The van der Waals surface area contributed by atoms with Crippen molar-refractivity contribution < 1.29 is 9.18 Å². The Balaban J connectivity index is 0.00000116. The van der Waals surface area contributed by atoms with Crippen LogP contribution < -0.4 is 4.90 Å². The minimum Gasteiger partial charge on any atom is -0.344 e. The molecule has 1 aromatic heterocycles. The van der Waals surface area contributed by atoms with Gasteiger partial charge in [0.1, 0.15) is 5.69 Å². The second-order valence-corrected chi connectivity index (χ2v) is 5.63. The Labute approximate surface area is 133 Å². The molecule has 0 radical (unpaired) electrons. The number of carbonyl (C=O) groups excluding carboxylic acids is 1. The topological polar surface area (TPSA) is 33.2 Å². The van der Waals surface area contributed by atoms with E-state index in [2.05, 4.69) is 25.4 Å². The van der Waals surface area contributed by atoms with Crippen LogP contribution in [0.2, 0.25) is 0 Å². The molecular weight excluding hydrogens is 279 g/mol. The minimum absolute atomic E-state index is 0.101. The Hall–Kier alpha value is -1.71. The maximum absolute atomic E-state index is 13.9. The molecular formula is C18H27FN2O. The van der Waals surface area contributed by atoms with E-state index >= 15 is 0 Å². The van der Waals surface area contributed by atoms with Gasteiger partial charge in [-0.1, -0.05) is 34.3 Å². The first-order valence-electron chi connectivity index (χ1n) is 8.04. The van der Waals surface area contributed by atoms with Crippen LogP contribution in [0.3, 0.4) is 0 Å². The summed E-state index contributed by atoms with van der Waals surface area (Å²) in [5, 5.41) is 0. The monoisotopic (exact) mass is 306 g/mol. The molecule has 0 amide bonds. The molecule has 2 rings (SSSR count). The van der Waals surface area contributed by atoms with Gasteiger partial charge in [0.25, 0.3) is 0 Å². The molecule has 0 saturated carbocycles. The number of aromatic nitrogens is 1. The van der Waals surface area contributed by atoms with Gasteiger partial charge >= 0.3 is 0 Å². The van der Waals surface area contributed by atoms with Crippen molar-refractivity contribution in [2.45, 2.75) is 47.5 Å².